The highest BCUT2D eigenvalue weighted by atomic mass is 32.2. The number of fused-ring (bicyclic) bond motifs is 17. The van der Waals surface area contributed by atoms with Crippen molar-refractivity contribution in [3.05, 3.63) is 229 Å². The van der Waals surface area contributed by atoms with Gasteiger partial charge in [-0.3, -0.25) is 4.57 Å². The van der Waals surface area contributed by atoms with Gasteiger partial charge in [0.1, 0.15) is 5.82 Å². The number of para-hydroxylation sites is 2. The normalized spacial score (nSPS) is 15.9. The molecule has 0 fully saturated rings. The molecule has 286 valence electrons. The average Bonchev–Trinajstić information content (AvgIpc) is 3.91. The lowest BCUT2D eigenvalue weighted by atomic mass is 9.65. The Morgan fingerprint density at radius 3 is 1.75 bits per heavy atom. The van der Waals surface area contributed by atoms with Crippen LogP contribution in [0.15, 0.2) is 216 Å². The Labute approximate surface area is 353 Å². The summed E-state index contributed by atoms with van der Waals surface area (Å²) in [5.41, 5.74) is 17.6. The van der Waals surface area contributed by atoms with E-state index < -0.39 is 15.3 Å². The standard InChI is InChI=1S/C56H34N2O2S/c59-61(60)52-25-13-8-19-43(52)44-32-33-48-53(54(44)61)45-20-7-10-22-47(45)56(48)46-21-9-6-18-41(46)39-16-4-5-17-40(39)42-31-28-37(34-49(42)56)35-26-29-38(30-27-35)58-51-24-12-11-23-50(51)57-55(58)36-14-2-1-3-15-36/h1-34H. The Bertz CT molecular complexity index is 3610. The fourth-order valence-corrected chi connectivity index (χ4v) is 12.6. The van der Waals surface area contributed by atoms with E-state index in [1.54, 1.807) is 6.07 Å². The minimum atomic E-state index is -3.82. The summed E-state index contributed by atoms with van der Waals surface area (Å²) in [5, 5.41) is 0. The molecule has 5 heteroatoms. The van der Waals surface area contributed by atoms with E-state index >= 15 is 0 Å². The van der Waals surface area contributed by atoms with Crippen LogP contribution in [0.5, 0.6) is 0 Å². The number of benzene rings is 9. The lowest BCUT2D eigenvalue weighted by Gasteiger charge is -2.35. The monoisotopic (exact) mass is 798 g/mol. The van der Waals surface area contributed by atoms with Gasteiger partial charge in [0.2, 0.25) is 9.84 Å². The molecule has 1 unspecified atom stereocenters. The van der Waals surface area contributed by atoms with Crippen LogP contribution in [0.2, 0.25) is 0 Å². The Morgan fingerprint density at radius 1 is 0.410 bits per heavy atom. The van der Waals surface area contributed by atoms with Crippen LogP contribution in [-0.2, 0) is 15.3 Å². The highest BCUT2D eigenvalue weighted by Gasteiger charge is 2.52. The Hall–Kier alpha value is -7.60. The van der Waals surface area contributed by atoms with Gasteiger partial charge in [0.05, 0.1) is 26.2 Å². The zero-order valence-corrected chi connectivity index (χ0v) is 33.6. The van der Waals surface area contributed by atoms with E-state index in [0.717, 1.165) is 106 Å². The zero-order valence-electron chi connectivity index (χ0n) is 32.7. The molecule has 13 rings (SSSR count). The molecule has 10 aromatic rings. The van der Waals surface area contributed by atoms with E-state index in [9.17, 15) is 8.42 Å². The molecule has 1 atom stereocenters. The zero-order chi connectivity index (χ0) is 40.5. The molecule has 0 N–H and O–H groups in total. The first-order valence-electron chi connectivity index (χ1n) is 20.6. The van der Waals surface area contributed by atoms with Crippen LogP contribution in [0.3, 0.4) is 0 Å². The van der Waals surface area contributed by atoms with Crippen molar-refractivity contribution in [2.24, 2.45) is 0 Å². The van der Waals surface area contributed by atoms with Crippen LogP contribution in [0.4, 0.5) is 0 Å². The highest BCUT2D eigenvalue weighted by molar-refractivity contribution is 7.92. The van der Waals surface area contributed by atoms with Crippen LogP contribution >= 0.6 is 0 Å². The van der Waals surface area contributed by atoms with Gasteiger partial charge >= 0.3 is 0 Å². The van der Waals surface area contributed by atoms with Crippen molar-refractivity contribution in [3.63, 3.8) is 0 Å². The van der Waals surface area contributed by atoms with Gasteiger partial charge in [-0.05, 0) is 97.6 Å². The fraction of sp³-hybridized carbons (Fsp3) is 0.0179. The van der Waals surface area contributed by atoms with Gasteiger partial charge in [0.25, 0.3) is 0 Å². The van der Waals surface area contributed by atoms with Crippen molar-refractivity contribution in [2.75, 3.05) is 0 Å². The molecular weight excluding hydrogens is 765 g/mol. The van der Waals surface area contributed by atoms with Crippen LogP contribution < -0.4 is 0 Å². The van der Waals surface area contributed by atoms with Gasteiger partial charge in [-0.2, -0.15) is 0 Å². The molecule has 0 radical (unpaired) electrons. The maximum absolute atomic E-state index is 14.8. The van der Waals surface area contributed by atoms with Gasteiger partial charge in [-0.1, -0.05) is 170 Å². The first-order chi connectivity index (χ1) is 30.0. The number of nitrogens with zero attached hydrogens (tertiary/aromatic N) is 2. The van der Waals surface area contributed by atoms with E-state index in [0.29, 0.717) is 9.79 Å². The van der Waals surface area contributed by atoms with Crippen molar-refractivity contribution < 1.29 is 8.42 Å². The molecule has 9 aromatic carbocycles. The van der Waals surface area contributed by atoms with Gasteiger partial charge in [0, 0.05) is 27.9 Å². The van der Waals surface area contributed by atoms with E-state index in [1.807, 2.05) is 36.4 Å². The summed E-state index contributed by atoms with van der Waals surface area (Å²) in [6.45, 7) is 0. The number of imidazole rings is 1. The molecule has 1 spiro atoms. The summed E-state index contributed by atoms with van der Waals surface area (Å²) in [6, 6.07) is 71.9. The van der Waals surface area contributed by atoms with Gasteiger partial charge in [-0.25, -0.2) is 13.4 Å². The molecular formula is C56H34N2O2S. The third-order valence-corrected chi connectivity index (χ3v) is 15.1. The van der Waals surface area contributed by atoms with Crippen LogP contribution in [0.1, 0.15) is 22.3 Å². The molecule has 1 aliphatic heterocycles. The molecule has 0 saturated heterocycles. The van der Waals surface area contributed by atoms with Gasteiger partial charge < -0.3 is 0 Å². The Balaban J connectivity index is 1.08. The molecule has 2 heterocycles. The largest absolute Gasteiger partial charge is 0.292 e. The van der Waals surface area contributed by atoms with Gasteiger partial charge in [-0.15, -0.1) is 0 Å². The molecule has 4 nitrogen and oxygen atoms in total. The SMILES string of the molecule is O=S1(=O)c2ccccc2-c2ccc3c(c21)-c1ccccc1C31c2ccccc2-c2ccccc2-c2ccc(-c3ccc(-n4c(-c5ccccc5)nc5ccccc54)cc3)cc21. The van der Waals surface area contributed by atoms with Crippen molar-refractivity contribution in [3.8, 4) is 72.7 Å². The average molecular weight is 799 g/mol. The number of hydrogen-bond acceptors (Lipinski definition) is 3. The van der Waals surface area contributed by atoms with Crippen LogP contribution in [0, 0.1) is 0 Å². The molecule has 0 amide bonds. The first-order valence-corrected chi connectivity index (χ1v) is 22.1. The maximum Gasteiger partial charge on any atom is 0.208 e. The highest BCUT2D eigenvalue weighted by Crippen LogP contribution is 2.64. The van der Waals surface area contributed by atoms with Crippen molar-refractivity contribution in [2.45, 2.75) is 15.2 Å². The summed E-state index contributed by atoms with van der Waals surface area (Å²) in [5.74, 6) is 0.897. The minimum Gasteiger partial charge on any atom is -0.292 e. The third-order valence-electron chi connectivity index (χ3n) is 13.2. The second-order valence-electron chi connectivity index (χ2n) is 16.2. The predicted molar refractivity (Wildman–Crippen MR) is 245 cm³/mol. The second-order valence-corrected chi connectivity index (χ2v) is 18.0. The summed E-state index contributed by atoms with van der Waals surface area (Å²) in [6.07, 6.45) is 0. The topological polar surface area (TPSA) is 52.0 Å². The van der Waals surface area contributed by atoms with Crippen molar-refractivity contribution in [1.82, 2.24) is 9.55 Å². The Morgan fingerprint density at radius 2 is 0.984 bits per heavy atom. The van der Waals surface area contributed by atoms with Crippen LogP contribution in [-0.4, -0.2) is 18.0 Å². The molecule has 61 heavy (non-hydrogen) atoms. The number of hydrogen-bond donors (Lipinski definition) is 0. The van der Waals surface area contributed by atoms with E-state index in [4.69, 9.17) is 4.98 Å². The van der Waals surface area contributed by atoms with E-state index in [2.05, 4.69) is 168 Å². The number of sulfone groups is 1. The first kappa shape index (κ1) is 34.3. The lowest BCUT2D eigenvalue weighted by molar-refractivity contribution is 0.599. The van der Waals surface area contributed by atoms with Crippen LogP contribution in [0.25, 0.3) is 83.7 Å². The second kappa shape index (κ2) is 12.5. The van der Waals surface area contributed by atoms with E-state index in [-0.39, 0.29) is 0 Å². The molecule has 3 aliphatic rings. The van der Waals surface area contributed by atoms with Crippen molar-refractivity contribution >= 4 is 20.9 Å². The minimum absolute atomic E-state index is 0.371. The molecule has 0 bridgehead atoms. The lowest BCUT2D eigenvalue weighted by Crippen LogP contribution is -2.29. The van der Waals surface area contributed by atoms with Gasteiger partial charge in [0.15, 0.2) is 0 Å². The number of rotatable bonds is 3. The predicted octanol–water partition coefficient (Wildman–Crippen LogP) is 13.2. The third kappa shape index (κ3) is 4.53. The van der Waals surface area contributed by atoms with Crippen molar-refractivity contribution in [1.29, 1.82) is 0 Å². The molecule has 1 aromatic heterocycles. The number of aromatic nitrogens is 2. The maximum atomic E-state index is 14.8. The quantitative estimate of drug-likeness (QED) is 0.179. The smallest absolute Gasteiger partial charge is 0.208 e. The summed E-state index contributed by atoms with van der Waals surface area (Å²) in [7, 11) is -3.82. The summed E-state index contributed by atoms with van der Waals surface area (Å²) >= 11 is 0. The molecule has 2 aliphatic carbocycles. The summed E-state index contributed by atoms with van der Waals surface area (Å²) < 4.78 is 31.8. The van der Waals surface area contributed by atoms with E-state index in [1.165, 1.54) is 0 Å². The molecule has 0 saturated carbocycles. The fourth-order valence-electron chi connectivity index (χ4n) is 10.7. The Kier molecular flexibility index (Phi) is 7.00. The summed E-state index contributed by atoms with van der Waals surface area (Å²) in [4.78, 5) is 5.86.